The van der Waals surface area contributed by atoms with Crippen molar-refractivity contribution < 1.29 is 0 Å². The van der Waals surface area contributed by atoms with Crippen LogP contribution in [0.3, 0.4) is 0 Å². The second kappa shape index (κ2) is 28.9. The van der Waals surface area contributed by atoms with Crippen molar-refractivity contribution in [3.05, 3.63) is 402 Å². The summed E-state index contributed by atoms with van der Waals surface area (Å²) >= 11 is 0. The van der Waals surface area contributed by atoms with E-state index in [0.29, 0.717) is 11.3 Å². The van der Waals surface area contributed by atoms with Crippen LogP contribution in [-0.4, -0.2) is 15.8 Å². The zero-order valence-electron chi connectivity index (χ0n) is 70.8. The van der Waals surface area contributed by atoms with E-state index in [0.717, 1.165) is 145 Å². The van der Waals surface area contributed by atoms with Crippen LogP contribution in [0.5, 0.6) is 0 Å². The average molecular weight is 1560 g/mol. The quantitative estimate of drug-likeness (QED) is 0.0957. The fraction of sp³-hybridized carbons (Fsp3) is 0.148. The van der Waals surface area contributed by atoms with Gasteiger partial charge < -0.3 is 14.0 Å². The van der Waals surface area contributed by atoms with Crippen LogP contribution in [0.4, 0.5) is 22.7 Å². The molecule has 18 aromatic rings. The number of para-hydroxylation sites is 5. The summed E-state index contributed by atoms with van der Waals surface area (Å²) < 4.78 is 4.97. The van der Waals surface area contributed by atoms with E-state index < -0.39 is 5.92 Å². The summed E-state index contributed by atoms with van der Waals surface area (Å²) in [6.45, 7) is 37.0. The molecular weight excluding hydrogens is 1460 g/mol. The Kier molecular flexibility index (Phi) is 18.1. The van der Waals surface area contributed by atoms with Gasteiger partial charge in [0.1, 0.15) is 0 Å². The lowest BCUT2D eigenvalue weighted by Crippen LogP contribution is -2.62. The molecule has 6 heteroatoms. The van der Waals surface area contributed by atoms with Crippen LogP contribution in [0.15, 0.2) is 346 Å². The summed E-state index contributed by atoms with van der Waals surface area (Å²) in [5, 5.41) is 16.6. The van der Waals surface area contributed by atoms with Gasteiger partial charge in [-0.15, -0.1) is 0 Å². The first-order valence-electron chi connectivity index (χ1n) is 42.5. The summed E-state index contributed by atoms with van der Waals surface area (Å²) in [6.07, 6.45) is 0. The Labute approximate surface area is 711 Å². The zero-order chi connectivity index (χ0) is 83.1. The van der Waals surface area contributed by atoms with E-state index in [1.807, 2.05) is 24.3 Å². The molecule has 121 heavy (non-hydrogen) atoms. The maximum Gasteiger partial charge on any atom is 0.247 e. The minimum Gasteiger partial charge on any atom is -0.310 e. The first-order valence-corrected chi connectivity index (χ1v) is 42.5. The minimum atomic E-state index is -0.546. The lowest BCUT2D eigenvalue weighted by molar-refractivity contribution is 0.568. The van der Waals surface area contributed by atoms with Crippen molar-refractivity contribution in [2.45, 2.75) is 111 Å². The van der Waals surface area contributed by atoms with E-state index in [2.05, 4.69) is 430 Å². The van der Waals surface area contributed by atoms with Crippen LogP contribution >= 0.6 is 0 Å². The third-order valence-electron chi connectivity index (χ3n) is 25.7. The van der Waals surface area contributed by atoms with Crippen molar-refractivity contribution in [1.29, 1.82) is 5.26 Å². The standard InChI is InChI=1S/C115H94BN5/c1-112(2,3)81-57-79(58-82(67-81)113(4,5)6)93-61-76(72-35-17-14-18-36-72)63-95(87-42-24-23-41-75(87)71-117)108(93)109-97-69-85(119-102-49-31-26-44-89(102)90-45-27-32-50-103(90)119)53-55-99(97)116-100-56-54-86(120-104-51-33-28-46-91(104)92-47-29-34-52-105(92)120)70-106(100)121(107-66-78(65-98(109)110(107)116)74-39-21-16-22-40-74)111-94(80-59-83(114(7,8)9)68-84(60-80)115(10,11)12)62-77(73-37-19-15-20-38-73)64-96(111)88-43-25-30-48-101(88)118-13/h14-70,109H,1-12H3. The van der Waals surface area contributed by atoms with E-state index in [9.17, 15) is 11.8 Å². The number of rotatable bonds is 11. The normalized spacial score (nSPS) is 13.3. The molecule has 2 aliphatic rings. The monoisotopic (exact) mass is 1560 g/mol. The van der Waals surface area contributed by atoms with Crippen LogP contribution in [0.2, 0.25) is 0 Å². The Balaban J connectivity index is 1.02. The van der Waals surface area contributed by atoms with Gasteiger partial charge in [-0.05, 0) is 229 Å². The second-order valence-electron chi connectivity index (χ2n) is 37.4. The lowest BCUT2D eigenvalue weighted by Gasteiger charge is -2.45. The molecule has 0 bridgehead atoms. The Morgan fingerprint density at radius 1 is 0.314 bits per heavy atom. The topological polar surface area (TPSA) is 41.2 Å². The van der Waals surface area contributed by atoms with Crippen LogP contribution in [0.25, 0.3) is 138 Å². The molecule has 0 radical (unpaired) electrons. The van der Waals surface area contributed by atoms with Gasteiger partial charge in [0.25, 0.3) is 0 Å². The predicted octanol–water partition coefficient (Wildman–Crippen LogP) is 29.0. The van der Waals surface area contributed by atoms with Crippen molar-refractivity contribution >= 4 is 89.5 Å². The van der Waals surface area contributed by atoms with Crippen LogP contribution in [0.1, 0.15) is 134 Å². The third kappa shape index (κ3) is 12.9. The zero-order valence-corrected chi connectivity index (χ0v) is 70.8. The molecule has 0 fully saturated rings. The summed E-state index contributed by atoms with van der Waals surface area (Å²) in [4.78, 5) is 7.18. The number of hydrogen-bond donors (Lipinski definition) is 0. The molecule has 0 spiro atoms. The van der Waals surface area contributed by atoms with Crippen LogP contribution in [-0.2, 0) is 21.7 Å². The fourth-order valence-electron chi connectivity index (χ4n) is 19.5. The molecule has 2 aliphatic heterocycles. The largest absolute Gasteiger partial charge is 0.310 e. The molecule has 0 saturated carbocycles. The highest BCUT2D eigenvalue weighted by Crippen LogP contribution is 2.57. The van der Waals surface area contributed by atoms with Crippen molar-refractivity contribution in [1.82, 2.24) is 9.13 Å². The fourth-order valence-corrected chi connectivity index (χ4v) is 19.5. The Hall–Kier alpha value is -14.0. The highest BCUT2D eigenvalue weighted by Gasteiger charge is 2.47. The van der Waals surface area contributed by atoms with Gasteiger partial charge in [-0.25, -0.2) is 4.85 Å². The molecule has 0 aliphatic carbocycles. The molecule has 20 rings (SSSR count). The summed E-state index contributed by atoms with van der Waals surface area (Å²) in [6, 6.07) is 132. The third-order valence-corrected chi connectivity index (χ3v) is 25.7. The van der Waals surface area contributed by atoms with E-state index in [4.69, 9.17) is 0 Å². The Morgan fingerprint density at radius 3 is 1.19 bits per heavy atom. The van der Waals surface area contributed by atoms with Gasteiger partial charge in [0.2, 0.25) is 6.71 Å². The SMILES string of the molecule is [C-]#[N+]c1ccccc1-c1cc(-c2ccccc2)cc(-c2cc(C(C)(C)C)cc(C(C)(C)C)c2)c1N1c2cc(-n3c4ccccc4c4ccccc43)ccc2B2c3ccc(-n4c5ccccc5c5ccccc54)cc3C(c3c(-c4cc(C(C)(C)C)cc(C(C)(C)C)c4)cc(-c4ccccc4)cc3-c3ccccc3C#N)c3cc(-c4ccccc4)cc1c32. The summed E-state index contributed by atoms with van der Waals surface area (Å²) in [7, 11) is 0. The number of aromatic nitrogens is 2. The molecule has 5 nitrogen and oxygen atoms in total. The average Bonchev–Trinajstić information content (AvgIpc) is 1.26. The molecule has 4 heterocycles. The minimum absolute atomic E-state index is 0.249. The van der Waals surface area contributed by atoms with Crippen molar-refractivity contribution in [2.75, 3.05) is 4.90 Å². The smallest absolute Gasteiger partial charge is 0.247 e. The van der Waals surface area contributed by atoms with Gasteiger partial charge in [-0.3, -0.25) is 0 Å². The number of hydrogen-bond acceptors (Lipinski definition) is 2. The number of nitrogens with zero attached hydrogens (tertiary/aromatic N) is 5. The van der Waals surface area contributed by atoms with Crippen LogP contribution < -0.4 is 21.3 Å². The van der Waals surface area contributed by atoms with Gasteiger partial charge in [-0.2, -0.15) is 5.26 Å². The molecule has 582 valence electrons. The molecule has 2 aromatic heterocycles. The van der Waals surface area contributed by atoms with Gasteiger partial charge >= 0.3 is 0 Å². The van der Waals surface area contributed by atoms with Gasteiger partial charge in [0.15, 0.2) is 5.69 Å². The van der Waals surface area contributed by atoms with Crippen molar-refractivity contribution in [3.8, 4) is 95.3 Å². The molecule has 0 saturated heterocycles. The molecular formula is C115H94BN5. The molecule has 0 amide bonds. The van der Waals surface area contributed by atoms with E-state index in [1.54, 1.807) is 0 Å². The first kappa shape index (κ1) is 75.7. The maximum atomic E-state index is 11.9. The number of benzene rings is 16. The maximum absolute atomic E-state index is 11.9. The van der Waals surface area contributed by atoms with E-state index in [-0.39, 0.29) is 28.4 Å². The summed E-state index contributed by atoms with van der Waals surface area (Å²) in [5.74, 6) is -0.546. The summed E-state index contributed by atoms with van der Waals surface area (Å²) in [5.41, 5.74) is 35.8. The highest BCUT2D eigenvalue weighted by molar-refractivity contribution is 6.99. The number of fused-ring (bicyclic) bond motifs is 10. The van der Waals surface area contributed by atoms with Crippen molar-refractivity contribution in [3.63, 3.8) is 0 Å². The van der Waals surface area contributed by atoms with Crippen molar-refractivity contribution in [2.24, 2.45) is 0 Å². The molecule has 1 unspecified atom stereocenters. The molecule has 1 atom stereocenters. The van der Waals surface area contributed by atoms with E-state index >= 15 is 0 Å². The predicted molar refractivity (Wildman–Crippen MR) is 512 cm³/mol. The Morgan fingerprint density at radius 2 is 0.711 bits per heavy atom. The Bertz CT molecular complexity index is 6750. The second-order valence-corrected chi connectivity index (χ2v) is 37.4. The van der Waals surface area contributed by atoms with Gasteiger partial charge in [-0.1, -0.05) is 349 Å². The molecule has 16 aromatic carbocycles. The van der Waals surface area contributed by atoms with Gasteiger partial charge in [0, 0.05) is 55.8 Å². The highest BCUT2D eigenvalue weighted by atomic mass is 15.2. The molecule has 0 N–H and O–H groups in total. The van der Waals surface area contributed by atoms with Crippen LogP contribution in [0, 0.1) is 17.9 Å². The first-order chi connectivity index (χ1) is 58.5. The van der Waals surface area contributed by atoms with E-state index in [1.165, 1.54) is 60.3 Å². The van der Waals surface area contributed by atoms with Gasteiger partial charge in [0.05, 0.1) is 46.0 Å². The number of nitriles is 1. The number of anilines is 3. The lowest BCUT2D eigenvalue weighted by atomic mass is 9.31.